The van der Waals surface area contributed by atoms with Gasteiger partial charge in [-0.3, -0.25) is 9.69 Å². The molecule has 0 unspecified atom stereocenters. The maximum Gasteiger partial charge on any atom is 0.253 e. The molecule has 4 nitrogen and oxygen atoms in total. The van der Waals surface area contributed by atoms with Crippen LogP contribution in [0.2, 0.25) is 0 Å². The average Bonchev–Trinajstić information content (AvgIpc) is 3.19. The third kappa shape index (κ3) is 4.16. The Kier molecular flexibility index (Phi) is 5.55. The fraction of sp³-hybridized carbons (Fsp3) is 0.304. The SMILES string of the molecule is Cc1ccc(C(=O)N2CCN(Cc3csc(-c4ccccc4)n3)CC2)cc1C. The molecule has 1 aliphatic rings. The van der Waals surface area contributed by atoms with Gasteiger partial charge >= 0.3 is 0 Å². The summed E-state index contributed by atoms with van der Waals surface area (Å²) < 4.78 is 0. The maximum absolute atomic E-state index is 12.8. The van der Waals surface area contributed by atoms with Crippen molar-refractivity contribution in [3.63, 3.8) is 0 Å². The Morgan fingerprint density at radius 3 is 2.46 bits per heavy atom. The van der Waals surface area contributed by atoms with Crippen molar-refractivity contribution in [2.24, 2.45) is 0 Å². The van der Waals surface area contributed by atoms with Crippen LogP contribution < -0.4 is 0 Å². The number of benzene rings is 2. The number of piperazine rings is 1. The molecule has 1 aliphatic heterocycles. The lowest BCUT2D eigenvalue weighted by molar-refractivity contribution is 0.0627. The number of carbonyl (C=O) groups excluding carboxylic acids is 1. The predicted molar refractivity (Wildman–Crippen MR) is 115 cm³/mol. The number of nitrogens with zero attached hydrogens (tertiary/aromatic N) is 3. The van der Waals surface area contributed by atoms with Crippen molar-refractivity contribution in [2.45, 2.75) is 20.4 Å². The molecule has 0 N–H and O–H groups in total. The van der Waals surface area contributed by atoms with Crippen LogP contribution in [0.5, 0.6) is 0 Å². The lowest BCUT2D eigenvalue weighted by Crippen LogP contribution is -2.48. The monoisotopic (exact) mass is 391 g/mol. The quantitative estimate of drug-likeness (QED) is 0.662. The van der Waals surface area contributed by atoms with Gasteiger partial charge in [0.05, 0.1) is 5.69 Å². The number of aryl methyl sites for hydroxylation is 2. The molecule has 2 aromatic carbocycles. The molecule has 28 heavy (non-hydrogen) atoms. The first-order valence-corrected chi connectivity index (χ1v) is 10.6. The minimum atomic E-state index is 0.141. The Labute approximate surface area is 170 Å². The van der Waals surface area contributed by atoms with E-state index in [9.17, 15) is 4.79 Å². The fourth-order valence-corrected chi connectivity index (χ4v) is 4.31. The molecule has 144 valence electrons. The average molecular weight is 392 g/mol. The van der Waals surface area contributed by atoms with Gasteiger partial charge in [0, 0.05) is 49.2 Å². The van der Waals surface area contributed by atoms with Crippen LogP contribution in [0.4, 0.5) is 0 Å². The van der Waals surface area contributed by atoms with Crippen LogP contribution in [0, 0.1) is 13.8 Å². The summed E-state index contributed by atoms with van der Waals surface area (Å²) in [7, 11) is 0. The second-order valence-corrected chi connectivity index (χ2v) is 8.24. The van der Waals surface area contributed by atoms with Crippen LogP contribution in [0.15, 0.2) is 53.9 Å². The topological polar surface area (TPSA) is 36.4 Å². The van der Waals surface area contributed by atoms with Gasteiger partial charge in [0.1, 0.15) is 5.01 Å². The predicted octanol–water partition coefficient (Wildman–Crippen LogP) is 4.38. The molecule has 0 aliphatic carbocycles. The van der Waals surface area contributed by atoms with Crippen molar-refractivity contribution in [1.82, 2.24) is 14.8 Å². The minimum absolute atomic E-state index is 0.141. The Balaban J connectivity index is 1.34. The summed E-state index contributed by atoms with van der Waals surface area (Å²) in [6, 6.07) is 16.3. The number of aromatic nitrogens is 1. The number of amides is 1. The van der Waals surface area contributed by atoms with Crippen molar-refractivity contribution in [3.05, 3.63) is 76.3 Å². The molecule has 0 atom stereocenters. The zero-order chi connectivity index (χ0) is 19.5. The molecule has 0 saturated carbocycles. The third-order valence-corrected chi connectivity index (χ3v) is 6.31. The number of rotatable bonds is 4. The van der Waals surface area contributed by atoms with E-state index < -0.39 is 0 Å². The number of carbonyl (C=O) groups is 1. The highest BCUT2D eigenvalue weighted by atomic mass is 32.1. The minimum Gasteiger partial charge on any atom is -0.336 e. The summed E-state index contributed by atoms with van der Waals surface area (Å²) in [6.45, 7) is 8.27. The van der Waals surface area contributed by atoms with Crippen molar-refractivity contribution >= 4 is 17.2 Å². The first-order valence-electron chi connectivity index (χ1n) is 9.69. The Morgan fingerprint density at radius 2 is 1.75 bits per heavy atom. The summed E-state index contributed by atoms with van der Waals surface area (Å²) >= 11 is 1.69. The standard InChI is InChI=1S/C23H25N3OS/c1-17-8-9-20(14-18(17)2)23(27)26-12-10-25(11-13-26)15-21-16-28-22(24-21)19-6-4-3-5-7-19/h3-9,14,16H,10-13,15H2,1-2H3. The second kappa shape index (κ2) is 8.25. The highest BCUT2D eigenvalue weighted by Gasteiger charge is 2.23. The number of hydrogen-bond acceptors (Lipinski definition) is 4. The van der Waals surface area contributed by atoms with E-state index in [0.29, 0.717) is 0 Å². The van der Waals surface area contributed by atoms with Crippen molar-refractivity contribution < 1.29 is 4.79 Å². The van der Waals surface area contributed by atoms with Gasteiger partial charge in [-0.15, -0.1) is 11.3 Å². The van der Waals surface area contributed by atoms with Gasteiger partial charge < -0.3 is 4.90 Å². The normalized spacial score (nSPS) is 15.0. The highest BCUT2D eigenvalue weighted by Crippen LogP contribution is 2.24. The van der Waals surface area contributed by atoms with Crippen molar-refractivity contribution in [3.8, 4) is 10.6 Å². The van der Waals surface area contributed by atoms with Crippen molar-refractivity contribution in [2.75, 3.05) is 26.2 Å². The van der Waals surface area contributed by atoms with Gasteiger partial charge in [-0.1, -0.05) is 36.4 Å². The van der Waals surface area contributed by atoms with E-state index in [1.807, 2.05) is 41.3 Å². The number of hydrogen-bond donors (Lipinski definition) is 0. The molecule has 0 bridgehead atoms. The van der Waals surface area contributed by atoms with Crippen LogP contribution in [0.25, 0.3) is 10.6 Å². The third-order valence-electron chi connectivity index (χ3n) is 5.37. The zero-order valence-electron chi connectivity index (χ0n) is 16.4. The van der Waals surface area contributed by atoms with Gasteiger partial charge in [-0.25, -0.2) is 4.98 Å². The van der Waals surface area contributed by atoms with E-state index in [0.717, 1.165) is 49.0 Å². The maximum atomic E-state index is 12.8. The van der Waals surface area contributed by atoms with Gasteiger partial charge in [0.2, 0.25) is 0 Å². The van der Waals surface area contributed by atoms with E-state index in [4.69, 9.17) is 4.98 Å². The van der Waals surface area contributed by atoms with Gasteiger partial charge in [0.25, 0.3) is 5.91 Å². The summed E-state index contributed by atoms with van der Waals surface area (Å²) in [6.07, 6.45) is 0. The summed E-state index contributed by atoms with van der Waals surface area (Å²) in [5.41, 5.74) is 5.46. The van der Waals surface area contributed by atoms with E-state index in [1.54, 1.807) is 11.3 Å². The molecule has 1 amide bonds. The molecule has 4 rings (SSSR count). The molecule has 0 radical (unpaired) electrons. The number of thiazole rings is 1. The van der Waals surface area contributed by atoms with Crippen LogP contribution in [-0.4, -0.2) is 46.9 Å². The molecule has 0 spiro atoms. The summed E-state index contributed by atoms with van der Waals surface area (Å²) in [4.78, 5) is 21.9. The molecular formula is C23H25N3OS. The molecular weight excluding hydrogens is 366 g/mol. The molecule has 3 aromatic rings. The van der Waals surface area contributed by atoms with Crippen LogP contribution in [-0.2, 0) is 6.54 Å². The Morgan fingerprint density at radius 1 is 1.00 bits per heavy atom. The first-order chi connectivity index (χ1) is 13.6. The van der Waals surface area contributed by atoms with E-state index in [-0.39, 0.29) is 5.91 Å². The lowest BCUT2D eigenvalue weighted by Gasteiger charge is -2.34. The van der Waals surface area contributed by atoms with Gasteiger partial charge in [0.15, 0.2) is 0 Å². The van der Waals surface area contributed by atoms with Crippen LogP contribution >= 0.6 is 11.3 Å². The van der Waals surface area contributed by atoms with E-state index in [1.165, 1.54) is 16.7 Å². The largest absolute Gasteiger partial charge is 0.336 e. The fourth-order valence-electron chi connectivity index (χ4n) is 3.49. The highest BCUT2D eigenvalue weighted by molar-refractivity contribution is 7.13. The van der Waals surface area contributed by atoms with Crippen LogP contribution in [0.1, 0.15) is 27.2 Å². The van der Waals surface area contributed by atoms with Crippen LogP contribution in [0.3, 0.4) is 0 Å². The first kappa shape index (κ1) is 18.8. The molecule has 1 aromatic heterocycles. The molecule has 1 fully saturated rings. The summed E-state index contributed by atoms with van der Waals surface area (Å²) in [5, 5.41) is 3.22. The molecule has 2 heterocycles. The second-order valence-electron chi connectivity index (χ2n) is 7.38. The molecule has 5 heteroatoms. The lowest BCUT2D eigenvalue weighted by atomic mass is 10.1. The van der Waals surface area contributed by atoms with E-state index >= 15 is 0 Å². The smallest absolute Gasteiger partial charge is 0.253 e. The summed E-state index contributed by atoms with van der Waals surface area (Å²) in [5.74, 6) is 0.141. The Bertz CT molecular complexity index is 959. The van der Waals surface area contributed by atoms with Gasteiger partial charge in [-0.05, 0) is 37.1 Å². The molecule has 1 saturated heterocycles. The van der Waals surface area contributed by atoms with Gasteiger partial charge in [-0.2, -0.15) is 0 Å². The zero-order valence-corrected chi connectivity index (χ0v) is 17.2. The van der Waals surface area contributed by atoms with E-state index in [2.05, 4.69) is 36.3 Å². The Hall–Kier alpha value is -2.50. The van der Waals surface area contributed by atoms with Crippen molar-refractivity contribution in [1.29, 1.82) is 0 Å².